The van der Waals surface area contributed by atoms with Crippen LogP contribution in [-0.4, -0.2) is 35.4 Å². The van der Waals surface area contributed by atoms with E-state index in [1.165, 1.54) is 36.4 Å². The lowest BCUT2D eigenvalue weighted by atomic mass is 9.68. The molecule has 0 heterocycles. The third-order valence-electron chi connectivity index (χ3n) is 7.15. The van der Waals surface area contributed by atoms with E-state index in [0.717, 1.165) is 0 Å². The average molecular weight is 563 g/mol. The molecular formula is C30H22N6O6. The number of hydrogen-bond donors (Lipinski definition) is 6. The maximum Gasteiger partial charge on any atom is 0.250 e. The van der Waals surface area contributed by atoms with Crippen LogP contribution < -0.4 is 34.4 Å². The molecule has 0 fully saturated rings. The summed E-state index contributed by atoms with van der Waals surface area (Å²) in [5.41, 5.74) is 33.9. The first kappa shape index (κ1) is 27.3. The van der Waals surface area contributed by atoms with E-state index in [2.05, 4.69) is 0 Å². The first-order valence-corrected chi connectivity index (χ1v) is 12.3. The van der Waals surface area contributed by atoms with Crippen molar-refractivity contribution in [2.75, 3.05) is 0 Å². The van der Waals surface area contributed by atoms with Crippen molar-refractivity contribution in [2.45, 2.75) is 0 Å². The van der Waals surface area contributed by atoms with Gasteiger partial charge in [-0.25, -0.2) is 0 Å². The summed E-state index contributed by atoms with van der Waals surface area (Å²) < 4.78 is 0. The van der Waals surface area contributed by atoms with Crippen LogP contribution >= 0.6 is 0 Å². The first-order chi connectivity index (χ1) is 19.9. The van der Waals surface area contributed by atoms with Crippen LogP contribution in [0.5, 0.6) is 0 Å². The summed E-state index contributed by atoms with van der Waals surface area (Å²) >= 11 is 0. The van der Waals surface area contributed by atoms with E-state index in [4.69, 9.17) is 34.4 Å². The van der Waals surface area contributed by atoms with Crippen LogP contribution in [0.15, 0.2) is 60.7 Å². The van der Waals surface area contributed by atoms with E-state index in [9.17, 15) is 28.8 Å². The fourth-order valence-electron chi connectivity index (χ4n) is 5.64. The Kier molecular flexibility index (Phi) is 6.31. The van der Waals surface area contributed by atoms with Crippen LogP contribution in [0.3, 0.4) is 0 Å². The predicted octanol–water partition coefficient (Wildman–Crippen LogP) is 1.26. The minimum Gasteiger partial charge on any atom is -0.366 e. The van der Waals surface area contributed by atoms with Crippen LogP contribution in [0.4, 0.5) is 0 Å². The second kappa shape index (κ2) is 9.71. The Morgan fingerprint density at radius 1 is 0.333 bits per heavy atom. The lowest BCUT2D eigenvalue weighted by molar-refractivity contribution is 0.0966. The molecule has 0 spiro atoms. The summed E-state index contributed by atoms with van der Waals surface area (Å²) in [6.45, 7) is 0. The van der Waals surface area contributed by atoms with Gasteiger partial charge in [0.25, 0.3) is 0 Å². The summed E-state index contributed by atoms with van der Waals surface area (Å²) in [6.07, 6.45) is 0. The Labute approximate surface area is 237 Å². The molecule has 12 nitrogen and oxygen atoms in total. The molecule has 208 valence electrons. The number of benzene rings is 4. The zero-order valence-electron chi connectivity index (χ0n) is 21.7. The van der Waals surface area contributed by atoms with Gasteiger partial charge < -0.3 is 34.4 Å². The number of amides is 6. The zero-order valence-corrected chi connectivity index (χ0v) is 21.7. The maximum atomic E-state index is 13.2. The number of carbonyl (C=O) groups is 6. The van der Waals surface area contributed by atoms with Crippen molar-refractivity contribution in [3.63, 3.8) is 0 Å². The van der Waals surface area contributed by atoms with Crippen LogP contribution in [0, 0.1) is 0 Å². The first-order valence-electron chi connectivity index (χ1n) is 12.3. The predicted molar refractivity (Wildman–Crippen MR) is 153 cm³/mol. The summed E-state index contributed by atoms with van der Waals surface area (Å²) in [5.74, 6) is -6.25. The molecule has 12 heteroatoms. The molecule has 0 radical (unpaired) electrons. The SMILES string of the molecule is NC(=O)c1cccc(-c2c(C(N)=O)c(C(N)=O)c3c(c2-c2cccc(C(N)=O)c2C(N)=O)-c2ccccc2-3)c1C(N)=O. The molecule has 0 unspecified atom stereocenters. The molecule has 4 aromatic rings. The summed E-state index contributed by atoms with van der Waals surface area (Å²) in [6, 6.07) is 15.0. The lowest BCUT2D eigenvalue weighted by Crippen LogP contribution is -2.27. The van der Waals surface area contributed by atoms with Gasteiger partial charge in [-0.1, -0.05) is 48.5 Å². The quantitative estimate of drug-likeness (QED) is 0.162. The molecule has 0 bridgehead atoms. The lowest BCUT2D eigenvalue weighted by Gasteiger charge is -2.33. The van der Waals surface area contributed by atoms with Crippen LogP contribution in [0.2, 0.25) is 0 Å². The number of hydrogen-bond acceptors (Lipinski definition) is 6. The van der Waals surface area contributed by atoms with E-state index in [1.807, 2.05) is 0 Å². The Hall–Kier alpha value is -6.30. The van der Waals surface area contributed by atoms with Crippen LogP contribution in [0.1, 0.15) is 62.1 Å². The molecule has 1 aliphatic rings. The Bertz CT molecular complexity index is 1960. The van der Waals surface area contributed by atoms with E-state index >= 15 is 0 Å². The molecule has 4 aromatic carbocycles. The highest BCUT2D eigenvalue weighted by Crippen LogP contribution is 2.58. The van der Waals surface area contributed by atoms with Gasteiger partial charge >= 0.3 is 0 Å². The van der Waals surface area contributed by atoms with Crippen molar-refractivity contribution in [1.29, 1.82) is 0 Å². The van der Waals surface area contributed by atoms with Crippen molar-refractivity contribution < 1.29 is 28.8 Å². The highest BCUT2D eigenvalue weighted by molar-refractivity contribution is 6.27. The van der Waals surface area contributed by atoms with Gasteiger partial charge in [0.2, 0.25) is 35.4 Å². The fourth-order valence-corrected chi connectivity index (χ4v) is 5.64. The number of rotatable bonds is 8. The van der Waals surface area contributed by atoms with Crippen molar-refractivity contribution >= 4 is 35.4 Å². The van der Waals surface area contributed by atoms with Gasteiger partial charge in [-0.15, -0.1) is 0 Å². The van der Waals surface area contributed by atoms with Gasteiger partial charge in [0.05, 0.1) is 33.4 Å². The van der Waals surface area contributed by atoms with Gasteiger partial charge in [0, 0.05) is 11.1 Å². The molecule has 0 aromatic heterocycles. The highest BCUT2D eigenvalue weighted by atomic mass is 16.2. The molecule has 0 atom stereocenters. The number of fused-ring (bicyclic) bond motifs is 4. The largest absolute Gasteiger partial charge is 0.366 e. The second-order valence-electron chi connectivity index (χ2n) is 9.44. The third-order valence-corrected chi connectivity index (χ3v) is 7.15. The molecule has 12 N–H and O–H groups in total. The minimum atomic E-state index is -1.13. The number of carbonyl (C=O) groups excluding carboxylic acids is 6. The number of primary amides is 6. The van der Waals surface area contributed by atoms with E-state index in [0.29, 0.717) is 16.7 Å². The van der Waals surface area contributed by atoms with Crippen molar-refractivity contribution in [2.24, 2.45) is 34.4 Å². The fraction of sp³-hybridized carbons (Fsp3) is 0. The number of nitrogens with two attached hydrogens (primary N) is 6. The average Bonchev–Trinajstić information content (AvgIpc) is 2.93. The van der Waals surface area contributed by atoms with Crippen molar-refractivity contribution in [3.05, 3.63) is 94.0 Å². The van der Waals surface area contributed by atoms with Gasteiger partial charge in [-0.3, -0.25) is 28.8 Å². The molecule has 1 aliphatic carbocycles. The second-order valence-corrected chi connectivity index (χ2v) is 9.44. The zero-order chi connectivity index (χ0) is 30.6. The maximum absolute atomic E-state index is 13.2. The molecule has 0 saturated carbocycles. The molecule has 0 aliphatic heterocycles. The monoisotopic (exact) mass is 562 g/mol. The van der Waals surface area contributed by atoms with Gasteiger partial charge in [0.1, 0.15) is 0 Å². The van der Waals surface area contributed by atoms with Gasteiger partial charge in [-0.2, -0.15) is 0 Å². The van der Waals surface area contributed by atoms with E-state index in [1.54, 1.807) is 24.3 Å². The minimum absolute atomic E-state index is 0.0259. The standard InChI is InChI=1S/C30H22N6O6/c31-25(37)15-9-3-7-13(17(15)27(33)39)21-19-11-5-1-2-6-12(11)20(19)23(29(35)41)24(30(36)42)22(21)14-8-4-10-16(26(32)38)18(14)28(34)40/h1-10H,(H2,31,37)(H2,32,38)(H2,33,39)(H2,34,40)(H2,35,41)(H2,36,42). The smallest absolute Gasteiger partial charge is 0.250 e. The van der Waals surface area contributed by atoms with Gasteiger partial charge in [0.15, 0.2) is 0 Å². The summed E-state index contributed by atoms with van der Waals surface area (Å²) in [4.78, 5) is 76.6. The van der Waals surface area contributed by atoms with Crippen molar-refractivity contribution in [3.8, 4) is 44.5 Å². The normalized spacial score (nSPS) is 11.0. The van der Waals surface area contributed by atoms with Crippen molar-refractivity contribution in [1.82, 2.24) is 0 Å². The van der Waals surface area contributed by atoms with Crippen LogP contribution in [0.25, 0.3) is 44.5 Å². The molecule has 6 amide bonds. The van der Waals surface area contributed by atoms with E-state index < -0.39 is 41.0 Å². The Balaban J connectivity index is 2.15. The summed E-state index contributed by atoms with van der Waals surface area (Å²) in [5, 5.41) is 0. The third kappa shape index (κ3) is 3.85. The molecular weight excluding hydrogens is 540 g/mol. The molecule has 42 heavy (non-hydrogen) atoms. The topological polar surface area (TPSA) is 259 Å². The molecule has 5 rings (SSSR count). The Morgan fingerprint density at radius 3 is 1.02 bits per heavy atom. The Morgan fingerprint density at radius 2 is 0.643 bits per heavy atom. The van der Waals surface area contributed by atoms with Crippen LogP contribution in [-0.2, 0) is 0 Å². The molecule has 0 saturated heterocycles. The highest BCUT2D eigenvalue weighted by Gasteiger charge is 2.39. The summed E-state index contributed by atoms with van der Waals surface area (Å²) in [7, 11) is 0. The van der Waals surface area contributed by atoms with Gasteiger partial charge in [-0.05, 0) is 45.5 Å². The van der Waals surface area contributed by atoms with E-state index in [-0.39, 0.29) is 55.6 Å².